The molecule has 74 valence electrons. The first-order valence-corrected chi connectivity index (χ1v) is 4.90. The zero-order valence-electron chi connectivity index (χ0n) is 6.94. The highest BCUT2D eigenvalue weighted by atomic mass is 79.9. The molecule has 0 aromatic heterocycles. The first kappa shape index (κ1) is 11.2. The Balaban J connectivity index is 3.22. The Morgan fingerprint density at radius 2 is 2.21 bits per heavy atom. The monoisotopic (exact) mass is 275 g/mol. The van der Waals surface area contributed by atoms with Crippen LogP contribution in [0, 0.1) is 10.1 Å². The Bertz CT molecular complexity index is 394. The van der Waals surface area contributed by atoms with Gasteiger partial charge in [-0.05, 0) is 6.07 Å². The Morgan fingerprint density at radius 1 is 1.57 bits per heavy atom. The van der Waals surface area contributed by atoms with Crippen LogP contribution in [0.1, 0.15) is 5.56 Å². The van der Waals surface area contributed by atoms with E-state index < -0.39 is 10.0 Å². The third-order valence-electron chi connectivity index (χ3n) is 1.62. The van der Waals surface area contributed by atoms with Gasteiger partial charge in [-0.1, -0.05) is 22.0 Å². The zero-order chi connectivity index (χ0) is 10.7. The maximum absolute atomic E-state index is 10.8. The molecule has 1 rings (SSSR count). The van der Waals surface area contributed by atoms with Crippen molar-refractivity contribution in [3.63, 3.8) is 0 Å². The predicted molar refractivity (Wildman–Crippen MR) is 58.5 cm³/mol. The molecule has 1 aromatic carbocycles. The van der Waals surface area contributed by atoms with Gasteiger partial charge in [0, 0.05) is 17.0 Å². The van der Waals surface area contributed by atoms with Crippen LogP contribution in [0.15, 0.2) is 22.7 Å². The van der Waals surface area contributed by atoms with E-state index in [1.54, 1.807) is 12.1 Å². The molecule has 14 heavy (non-hydrogen) atoms. The molecule has 0 saturated carbocycles. The van der Waals surface area contributed by atoms with Crippen LogP contribution < -0.4 is 0 Å². The minimum absolute atomic E-state index is 0.0547. The molecule has 0 aliphatic heterocycles. The van der Waals surface area contributed by atoms with E-state index in [9.17, 15) is 14.9 Å². The minimum atomic E-state index is -0.517. The van der Waals surface area contributed by atoms with Crippen molar-refractivity contribution in [3.8, 4) is 0 Å². The maximum Gasteiger partial charge on any atom is 0.274 e. The molecule has 0 bridgehead atoms. The lowest BCUT2D eigenvalue weighted by molar-refractivity contribution is -0.385. The molecule has 0 heterocycles. The number of halogens is 1. The molecule has 0 aliphatic rings. The Labute approximate surface area is 94.0 Å². The molecule has 0 saturated heterocycles. The smallest absolute Gasteiger partial charge is 0.274 e. The Hall–Kier alpha value is -0.880. The molecule has 0 spiro atoms. The van der Waals surface area contributed by atoms with Gasteiger partial charge < -0.3 is 0 Å². The Morgan fingerprint density at radius 3 is 2.71 bits per heavy atom. The molecule has 0 atom stereocenters. The molecule has 0 amide bonds. The fourth-order valence-electron chi connectivity index (χ4n) is 1.04. The van der Waals surface area contributed by atoms with E-state index in [-0.39, 0.29) is 12.1 Å². The van der Waals surface area contributed by atoms with Gasteiger partial charge in [-0.25, -0.2) is 0 Å². The van der Waals surface area contributed by atoms with Crippen molar-refractivity contribution < 1.29 is 9.72 Å². The van der Waals surface area contributed by atoms with Crippen molar-refractivity contribution in [1.29, 1.82) is 0 Å². The fraction of sp³-hybridized carbons (Fsp3) is 0.125. The molecule has 1 aromatic rings. The van der Waals surface area contributed by atoms with E-state index in [0.29, 0.717) is 10.0 Å². The second-order valence-corrected chi connectivity index (χ2v) is 3.92. The van der Waals surface area contributed by atoms with Gasteiger partial charge >= 0.3 is 0 Å². The maximum atomic E-state index is 10.8. The van der Waals surface area contributed by atoms with Crippen LogP contribution in [0.3, 0.4) is 0 Å². The summed E-state index contributed by atoms with van der Waals surface area (Å²) in [4.78, 5) is 20.8. The summed E-state index contributed by atoms with van der Waals surface area (Å²) in [5.74, 6) is 0. The van der Waals surface area contributed by atoms with Crippen LogP contribution in [-0.4, -0.2) is 10.0 Å². The normalized spacial score (nSPS) is 9.86. The number of nitrogens with zero attached hydrogens (tertiary/aromatic N) is 1. The van der Waals surface area contributed by atoms with Gasteiger partial charge in [0.2, 0.25) is 0 Å². The lowest BCUT2D eigenvalue weighted by Crippen LogP contribution is -2.00. The van der Waals surface area contributed by atoms with Gasteiger partial charge in [0.25, 0.3) is 5.69 Å². The summed E-state index contributed by atoms with van der Waals surface area (Å²) in [6.07, 6.45) is -0.0547. The standard InChI is InChI=1S/C8H6BrNO3S/c9-6-2-1-3-7(10(12)13)5(6)4-8(11)14/h1-3H,4H2,(H,11,14). The summed E-state index contributed by atoms with van der Waals surface area (Å²) in [6, 6.07) is 4.56. The number of hydrogen-bond donors (Lipinski definition) is 1. The molecule has 4 nitrogen and oxygen atoms in total. The number of carbonyl (C=O) groups is 1. The number of carbonyl (C=O) groups excluding carboxylic acids is 1. The van der Waals surface area contributed by atoms with Gasteiger partial charge in [0.05, 0.1) is 10.5 Å². The number of rotatable bonds is 3. The molecule has 0 N–H and O–H groups in total. The van der Waals surface area contributed by atoms with Crippen molar-refractivity contribution in [2.45, 2.75) is 6.42 Å². The Kier molecular flexibility index (Phi) is 3.65. The van der Waals surface area contributed by atoms with Gasteiger partial charge in [0.1, 0.15) is 0 Å². The topological polar surface area (TPSA) is 60.2 Å². The summed E-state index contributed by atoms with van der Waals surface area (Å²) >= 11 is 6.74. The summed E-state index contributed by atoms with van der Waals surface area (Å²) in [5.41, 5.74) is 0.291. The second-order valence-electron chi connectivity index (χ2n) is 2.57. The van der Waals surface area contributed by atoms with E-state index in [1.165, 1.54) is 6.07 Å². The SMILES string of the molecule is O=C(S)Cc1c(Br)cccc1[N+](=O)[O-]. The lowest BCUT2D eigenvalue weighted by atomic mass is 10.1. The highest BCUT2D eigenvalue weighted by molar-refractivity contribution is 9.10. The largest absolute Gasteiger partial charge is 0.287 e. The molecule has 0 unspecified atom stereocenters. The molecule has 0 radical (unpaired) electrons. The third kappa shape index (κ3) is 2.55. The average molecular weight is 276 g/mol. The number of nitro groups is 1. The van der Waals surface area contributed by atoms with Crippen LogP contribution in [0.25, 0.3) is 0 Å². The quantitative estimate of drug-likeness (QED) is 0.523. The third-order valence-corrected chi connectivity index (χ3v) is 2.52. The summed E-state index contributed by atoms with van der Waals surface area (Å²) in [7, 11) is 0. The molecule has 6 heteroatoms. The second kappa shape index (κ2) is 4.56. The molecule has 0 fully saturated rings. The van der Waals surface area contributed by atoms with E-state index in [2.05, 4.69) is 28.6 Å². The highest BCUT2D eigenvalue weighted by Crippen LogP contribution is 2.27. The van der Waals surface area contributed by atoms with Gasteiger partial charge in [-0.2, -0.15) is 0 Å². The van der Waals surface area contributed by atoms with Crippen molar-refractivity contribution in [2.24, 2.45) is 0 Å². The molecular weight excluding hydrogens is 270 g/mol. The van der Waals surface area contributed by atoms with Gasteiger partial charge in [-0.15, -0.1) is 12.6 Å². The summed E-state index contributed by atoms with van der Waals surface area (Å²) < 4.78 is 0.550. The van der Waals surface area contributed by atoms with Crippen molar-refractivity contribution in [3.05, 3.63) is 38.3 Å². The average Bonchev–Trinajstić information content (AvgIpc) is 2.07. The first-order chi connectivity index (χ1) is 6.52. The van der Waals surface area contributed by atoms with Gasteiger partial charge in [0.15, 0.2) is 5.12 Å². The lowest BCUT2D eigenvalue weighted by Gasteiger charge is -2.02. The number of hydrogen-bond acceptors (Lipinski definition) is 3. The minimum Gasteiger partial charge on any atom is -0.287 e. The predicted octanol–water partition coefficient (Wildman–Crippen LogP) is 2.36. The number of benzene rings is 1. The van der Waals surface area contributed by atoms with Crippen LogP contribution >= 0.6 is 28.6 Å². The van der Waals surface area contributed by atoms with Crippen LogP contribution in [-0.2, 0) is 11.2 Å². The van der Waals surface area contributed by atoms with Crippen LogP contribution in [0.5, 0.6) is 0 Å². The van der Waals surface area contributed by atoms with Crippen LogP contribution in [0.2, 0.25) is 0 Å². The fourth-order valence-corrected chi connectivity index (χ4v) is 1.70. The zero-order valence-corrected chi connectivity index (χ0v) is 9.42. The molecule has 0 aliphatic carbocycles. The van der Waals surface area contributed by atoms with Crippen molar-refractivity contribution in [1.82, 2.24) is 0 Å². The number of thiol groups is 1. The van der Waals surface area contributed by atoms with E-state index in [1.807, 2.05) is 0 Å². The highest BCUT2D eigenvalue weighted by Gasteiger charge is 2.17. The molecular formula is C8H6BrNO3S. The van der Waals surface area contributed by atoms with Crippen LogP contribution in [0.4, 0.5) is 5.69 Å². The summed E-state index contributed by atoms with van der Waals surface area (Å²) in [5, 5.41) is 10.2. The van der Waals surface area contributed by atoms with E-state index in [0.717, 1.165) is 0 Å². The van der Waals surface area contributed by atoms with E-state index in [4.69, 9.17) is 0 Å². The van der Waals surface area contributed by atoms with E-state index >= 15 is 0 Å². The van der Waals surface area contributed by atoms with Crippen molar-refractivity contribution >= 4 is 39.4 Å². The van der Waals surface area contributed by atoms with Gasteiger partial charge in [-0.3, -0.25) is 14.9 Å². The summed E-state index contributed by atoms with van der Waals surface area (Å²) in [6.45, 7) is 0. The number of nitro benzene ring substituents is 1. The first-order valence-electron chi connectivity index (χ1n) is 3.66. The van der Waals surface area contributed by atoms with Crippen molar-refractivity contribution in [2.75, 3.05) is 0 Å².